The number of aromatic nitrogens is 6. The Balaban J connectivity index is 1.43. The van der Waals surface area contributed by atoms with Crippen molar-refractivity contribution in [2.45, 2.75) is 46.3 Å². The first-order valence-corrected chi connectivity index (χ1v) is 11.9. The van der Waals surface area contributed by atoms with Gasteiger partial charge in [-0.1, -0.05) is 6.92 Å². The minimum Gasteiger partial charge on any atom is -0.293 e. The summed E-state index contributed by atoms with van der Waals surface area (Å²) in [7, 11) is 1.91. The van der Waals surface area contributed by atoms with Gasteiger partial charge in [0.25, 0.3) is 0 Å². The molecule has 0 spiro atoms. The van der Waals surface area contributed by atoms with Gasteiger partial charge in [-0.25, -0.2) is 23.4 Å². The Bertz CT molecular complexity index is 1350. The van der Waals surface area contributed by atoms with E-state index in [1.165, 1.54) is 12.1 Å². The lowest BCUT2D eigenvalue weighted by atomic mass is 10.0. The average molecular weight is 478 g/mol. The highest BCUT2D eigenvalue weighted by atomic mass is 19.1. The van der Waals surface area contributed by atoms with Crippen molar-refractivity contribution in [3.63, 3.8) is 0 Å². The van der Waals surface area contributed by atoms with Crippen LogP contribution in [-0.2, 0) is 26.4 Å². The molecule has 35 heavy (non-hydrogen) atoms. The molecule has 0 bridgehead atoms. The van der Waals surface area contributed by atoms with Crippen LogP contribution >= 0.6 is 0 Å². The van der Waals surface area contributed by atoms with Crippen molar-refractivity contribution in [3.8, 4) is 17.1 Å². The number of hydrogen-bond acceptors (Lipinski definition) is 5. The molecule has 1 aliphatic heterocycles. The average Bonchev–Trinajstić information content (AvgIpc) is 3.28. The predicted octanol–water partition coefficient (Wildman–Crippen LogP) is 4.13. The molecule has 0 amide bonds. The van der Waals surface area contributed by atoms with Gasteiger partial charge in [0.2, 0.25) is 0 Å². The van der Waals surface area contributed by atoms with E-state index in [4.69, 9.17) is 10.2 Å². The van der Waals surface area contributed by atoms with E-state index in [1.807, 2.05) is 36.3 Å². The topological polar surface area (TPSA) is 64.7 Å². The first-order valence-electron chi connectivity index (χ1n) is 11.9. The Labute approximate surface area is 203 Å². The van der Waals surface area contributed by atoms with E-state index in [1.54, 1.807) is 18.5 Å². The highest BCUT2D eigenvalue weighted by Crippen LogP contribution is 2.28. The summed E-state index contributed by atoms with van der Waals surface area (Å²) in [5.41, 5.74) is 7.85. The van der Waals surface area contributed by atoms with Crippen molar-refractivity contribution < 1.29 is 8.78 Å². The van der Waals surface area contributed by atoms with Crippen LogP contribution in [0, 0.1) is 19.7 Å². The van der Waals surface area contributed by atoms with E-state index < -0.39 is 6.17 Å². The summed E-state index contributed by atoms with van der Waals surface area (Å²) in [4.78, 5) is 11.1. The van der Waals surface area contributed by atoms with E-state index in [0.29, 0.717) is 31.9 Å². The normalized spacial score (nSPS) is 14.5. The maximum atomic E-state index is 13.4. The number of hydrogen-bond donors (Lipinski definition) is 0. The highest BCUT2D eigenvalue weighted by molar-refractivity contribution is 5.65. The highest BCUT2D eigenvalue weighted by Gasteiger charge is 2.28. The van der Waals surface area contributed by atoms with Gasteiger partial charge in [0.15, 0.2) is 5.82 Å². The third-order valence-electron chi connectivity index (χ3n) is 6.71. The van der Waals surface area contributed by atoms with E-state index in [0.717, 1.165) is 51.6 Å². The van der Waals surface area contributed by atoms with E-state index in [9.17, 15) is 8.78 Å². The number of likely N-dealkylation sites (tertiary alicyclic amines) is 1. The quantitative estimate of drug-likeness (QED) is 0.401. The Morgan fingerprint density at radius 2 is 1.77 bits per heavy atom. The number of aryl methyl sites for hydroxylation is 2. The van der Waals surface area contributed by atoms with Crippen molar-refractivity contribution in [1.82, 2.24) is 34.4 Å². The number of halogens is 2. The third kappa shape index (κ3) is 4.48. The van der Waals surface area contributed by atoms with Gasteiger partial charge in [0, 0.05) is 61.6 Å². The second kappa shape index (κ2) is 9.30. The van der Waals surface area contributed by atoms with Gasteiger partial charge in [-0.3, -0.25) is 9.58 Å². The minimum atomic E-state index is -0.724. The smallest absolute Gasteiger partial charge is 0.157 e. The van der Waals surface area contributed by atoms with Gasteiger partial charge in [0.05, 0.1) is 22.8 Å². The molecule has 1 aromatic carbocycles. The molecule has 0 atom stereocenters. The molecular weight excluding hydrogens is 448 g/mol. The Morgan fingerprint density at radius 3 is 2.46 bits per heavy atom. The van der Waals surface area contributed by atoms with E-state index >= 15 is 0 Å². The van der Waals surface area contributed by atoms with Gasteiger partial charge in [0.1, 0.15) is 18.3 Å². The molecule has 3 aromatic heterocycles. The fraction of sp³-hybridized carbons (Fsp3) is 0.385. The molecule has 182 valence electrons. The molecule has 0 N–H and O–H groups in total. The van der Waals surface area contributed by atoms with Gasteiger partial charge in [-0.15, -0.1) is 0 Å². The second-order valence-corrected chi connectivity index (χ2v) is 9.15. The van der Waals surface area contributed by atoms with Crippen LogP contribution < -0.4 is 0 Å². The van der Waals surface area contributed by atoms with Crippen LogP contribution in [0.1, 0.15) is 40.8 Å². The molecule has 0 aliphatic carbocycles. The lowest BCUT2D eigenvalue weighted by Crippen LogP contribution is -2.47. The number of rotatable bonds is 7. The van der Waals surface area contributed by atoms with Gasteiger partial charge >= 0.3 is 0 Å². The summed E-state index contributed by atoms with van der Waals surface area (Å²) >= 11 is 0. The molecular formula is C26H29F2N7. The molecule has 0 saturated carbocycles. The zero-order valence-electron chi connectivity index (χ0n) is 20.5. The van der Waals surface area contributed by atoms with Crippen molar-refractivity contribution in [2.75, 3.05) is 13.1 Å². The van der Waals surface area contributed by atoms with Crippen LogP contribution in [0.2, 0.25) is 0 Å². The lowest BCUT2D eigenvalue weighted by molar-refractivity contribution is 0.0588. The number of nitrogens with zero attached hydrogens (tertiary/aromatic N) is 7. The van der Waals surface area contributed by atoms with Gasteiger partial charge < -0.3 is 0 Å². The summed E-state index contributed by atoms with van der Waals surface area (Å²) in [6.45, 7) is 7.74. The largest absolute Gasteiger partial charge is 0.293 e. The maximum Gasteiger partial charge on any atom is 0.157 e. The molecule has 7 nitrogen and oxygen atoms in total. The van der Waals surface area contributed by atoms with Crippen LogP contribution in [0.4, 0.5) is 8.78 Å². The molecule has 0 radical (unpaired) electrons. The van der Waals surface area contributed by atoms with Crippen LogP contribution in [0.5, 0.6) is 0 Å². The SMILES string of the molecule is CCc1c(Cc2cc(-n3nc(C)c(CN4CC(F)C4)c3C)ncn2)nn(C)c1-c1ccc(F)cc1. The molecule has 5 rings (SSSR count). The Kier molecular flexibility index (Phi) is 6.19. The number of benzene rings is 1. The van der Waals surface area contributed by atoms with Crippen molar-refractivity contribution in [2.24, 2.45) is 7.05 Å². The van der Waals surface area contributed by atoms with Crippen molar-refractivity contribution in [1.29, 1.82) is 0 Å². The van der Waals surface area contributed by atoms with E-state index in [-0.39, 0.29) is 5.82 Å². The summed E-state index contributed by atoms with van der Waals surface area (Å²) < 4.78 is 30.4. The van der Waals surface area contributed by atoms with Gasteiger partial charge in [-0.2, -0.15) is 10.2 Å². The third-order valence-corrected chi connectivity index (χ3v) is 6.71. The molecule has 9 heteroatoms. The summed E-state index contributed by atoms with van der Waals surface area (Å²) in [5, 5.41) is 9.49. The Morgan fingerprint density at radius 1 is 1.03 bits per heavy atom. The molecule has 4 aromatic rings. The molecule has 1 saturated heterocycles. The maximum absolute atomic E-state index is 13.4. The number of alkyl halides is 1. The van der Waals surface area contributed by atoms with Crippen LogP contribution in [-0.4, -0.2) is 53.7 Å². The molecule has 0 unspecified atom stereocenters. The van der Waals surface area contributed by atoms with Crippen molar-refractivity contribution >= 4 is 0 Å². The summed E-state index contributed by atoms with van der Waals surface area (Å²) in [6.07, 6.45) is 2.17. The van der Waals surface area contributed by atoms with Crippen LogP contribution in [0.15, 0.2) is 36.7 Å². The van der Waals surface area contributed by atoms with Crippen LogP contribution in [0.25, 0.3) is 17.1 Å². The predicted molar refractivity (Wildman–Crippen MR) is 130 cm³/mol. The lowest BCUT2D eigenvalue weighted by Gasteiger charge is -2.34. The van der Waals surface area contributed by atoms with Crippen LogP contribution in [0.3, 0.4) is 0 Å². The zero-order valence-corrected chi connectivity index (χ0v) is 20.5. The molecule has 1 fully saturated rings. The zero-order chi connectivity index (χ0) is 24.7. The second-order valence-electron chi connectivity index (χ2n) is 9.15. The summed E-state index contributed by atoms with van der Waals surface area (Å²) in [6, 6.07) is 8.45. The Hall–Kier alpha value is -3.46. The van der Waals surface area contributed by atoms with Gasteiger partial charge in [-0.05, 0) is 44.5 Å². The monoisotopic (exact) mass is 477 g/mol. The molecule has 4 heterocycles. The first kappa shape index (κ1) is 23.3. The fourth-order valence-electron chi connectivity index (χ4n) is 4.86. The fourth-order valence-corrected chi connectivity index (χ4v) is 4.86. The first-order chi connectivity index (χ1) is 16.8. The van der Waals surface area contributed by atoms with Crippen molar-refractivity contribution in [3.05, 3.63) is 76.4 Å². The van der Waals surface area contributed by atoms with E-state index in [2.05, 4.69) is 21.8 Å². The summed E-state index contributed by atoms with van der Waals surface area (Å²) in [5.74, 6) is 0.438. The minimum absolute atomic E-state index is 0.258. The molecule has 1 aliphatic rings. The standard InChI is InChI=1S/C26H29F2N7/c1-5-22-24(32-33(4)26(22)18-6-8-19(27)9-7-18)10-21-11-25(30-15-29-21)35-17(3)23(16(2)31-35)14-34-12-20(28)13-34/h6-9,11,15,20H,5,10,12-14H2,1-4H3.